The van der Waals surface area contributed by atoms with Crippen molar-refractivity contribution in [2.45, 2.75) is 44.6 Å². The highest BCUT2D eigenvalue weighted by atomic mass is 35.5. The van der Waals surface area contributed by atoms with Crippen LogP contribution < -0.4 is 11.1 Å². The zero-order valence-corrected chi connectivity index (χ0v) is 12.0. The third-order valence-corrected chi connectivity index (χ3v) is 4.43. The summed E-state index contributed by atoms with van der Waals surface area (Å²) in [4.78, 5) is 11.9. The van der Waals surface area contributed by atoms with Gasteiger partial charge in [0, 0.05) is 10.7 Å². The van der Waals surface area contributed by atoms with Crippen LogP contribution in [0.15, 0.2) is 24.3 Å². The van der Waals surface area contributed by atoms with Crippen molar-refractivity contribution in [3.05, 3.63) is 29.3 Å². The second kappa shape index (κ2) is 5.83. The maximum Gasteiger partial charge on any atom is 0.243 e. The second-order valence-corrected chi connectivity index (χ2v) is 5.97. The smallest absolute Gasteiger partial charge is 0.243 e. The van der Waals surface area contributed by atoms with Gasteiger partial charge in [0.05, 0.1) is 0 Å². The van der Waals surface area contributed by atoms with Crippen LogP contribution in [0, 0.1) is 5.92 Å². The lowest BCUT2D eigenvalue weighted by Gasteiger charge is -2.38. The zero-order valence-electron chi connectivity index (χ0n) is 11.3. The molecule has 1 aromatic carbocycles. The highest BCUT2D eigenvalue weighted by Crippen LogP contribution is 2.35. The first-order valence-corrected chi connectivity index (χ1v) is 7.24. The van der Waals surface area contributed by atoms with Gasteiger partial charge in [-0.05, 0) is 49.9 Å². The van der Waals surface area contributed by atoms with Crippen LogP contribution in [0.3, 0.4) is 0 Å². The molecule has 1 unspecified atom stereocenters. The number of hydrogen-bond donors (Lipinski definition) is 2. The second-order valence-electron chi connectivity index (χ2n) is 5.53. The number of carbonyl (C=O) groups is 1. The largest absolute Gasteiger partial charge is 0.371 e. The summed E-state index contributed by atoms with van der Waals surface area (Å²) in [6.07, 6.45) is 5.72. The topological polar surface area (TPSA) is 55.1 Å². The Kier molecular flexibility index (Phi) is 4.35. The molecule has 0 saturated heterocycles. The predicted octanol–water partition coefficient (Wildman–Crippen LogP) is 3.58. The predicted molar refractivity (Wildman–Crippen MR) is 79.2 cm³/mol. The minimum Gasteiger partial charge on any atom is -0.371 e. The summed E-state index contributed by atoms with van der Waals surface area (Å²) in [5.74, 6) is 0.0174. The van der Waals surface area contributed by atoms with Crippen molar-refractivity contribution in [3.63, 3.8) is 0 Å². The van der Waals surface area contributed by atoms with E-state index in [1.54, 1.807) is 0 Å². The van der Waals surface area contributed by atoms with Gasteiger partial charge in [-0.3, -0.25) is 4.79 Å². The highest BCUT2D eigenvalue weighted by Gasteiger charge is 2.40. The molecule has 1 amide bonds. The minimum atomic E-state index is -0.686. The summed E-state index contributed by atoms with van der Waals surface area (Å²) in [6, 6.07) is 7.39. The Hall–Kier alpha value is -1.22. The van der Waals surface area contributed by atoms with E-state index in [-0.39, 0.29) is 5.91 Å². The van der Waals surface area contributed by atoms with Crippen LogP contribution in [-0.4, -0.2) is 11.4 Å². The molecule has 0 radical (unpaired) electrons. The number of carbonyl (C=O) groups excluding carboxylic acids is 1. The third-order valence-electron chi connectivity index (χ3n) is 4.18. The molecular formula is C15H21ClN2O. The van der Waals surface area contributed by atoms with Gasteiger partial charge in [0.2, 0.25) is 5.91 Å². The summed E-state index contributed by atoms with van der Waals surface area (Å²) >= 11 is 5.87. The molecule has 0 aliphatic heterocycles. The molecule has 104 valence electrons. The van der Waals surface area contributed by atoms with Gasteiger partial charge in [-0.1, -0.05) is 30.9 Å². The third kappa shape index (κ3) is 3.21. The van der Waals surface area contributed by atoms with Gasteiger partial charge >= 0.3 is 0 Å². The van der Waals surface area contributed by atoms with Gasteiger partial charge in [-0.25, -0.2) is 0 Å². The molecule has 1 aliphatic rings. The standard InChI is InChI=1S/C15H21ClN2O/c1-15(14(17)19,11-5-3-2-4-6-11)18-13-9-7-12(16)8-10-13/h7-11,18H,2-6H2,1H3,(H2,17,19). The molecule has 3 N–H and O–H groups in total. The molecule has 3 nitrogen and oxygen atoms in total. The first-order valence-electron chi connectivity index (χ1n) is 6.86. The molecular weight excluding hydrogens is 260 g/mol. The van der Waals surface area contributed by atoms with Gasteiger partial charge in [-0.15, -0.1) is 0 Å². The molecule has 2 rings (SSSR count). The summed E-state index contributed by atoms with van der Waals surface area (Å²) in [6.45, 7) is 1.92. The lowest BCUT2D eigenvalue weighted by Crippen LogP contribution is -2.54. The Morgan fingerprint density at radius 3 is 2.37 bits per heavy atom. The van der Waals surface area contributed by atoms with Crippen LogP contribution in [0.1, 0.15) is 39.0 Å². The van der Waals surface area contributed by atoms with Gasteiger partial charge in [0.25, 0.3) is 0 Å². The van der Waals surface area contributed by atoms with Crippen molar-refractivity contribution < 1.29 is 4.79 Å². The van der Waals surface area contributed by atoms with Crippen molar-refractivity contribution >= 4 is 23.2 Å². The van der Waals surface area contributed by atoms with E-state index in [0.29, 0.717) is 10.9 Å². The molecule has 0 spiro atoms. The molecule has 1 saturated carbocycles. The molecule has 1 aliphatic carbocycles. The van der Waals surface area contributed by atoms with Crippen LogP contribution in [0.4, 0.5) is 5.69 Å². The monoisotopic (exact) mass is 280 g/mol. The Bertz CT molecular complexity index is 440. The van der Waals surface area contributed by atoms with Crippen LogP contribution in [0.25, 0.3) is 0 Å². The summed E-state index contributed by atoms with van der Waals surface area (Å²) < 4.78 is 0. The van der Waals surface area contributed by atoms with Gasteiger partial charge < -0.3 is 11.1 Å². The number of rotatable bonds is 4. The van der Waals surface area contributed by atoms with Crippen LogP contribution >= 0.6 is 11.6 Å². The van der Waals surface area contributed by atoms with Crippen LogP contribution in [-0.2, 0) is 4.79 Å². The van der Waals surface area contributed by atoms with Crippen molar-refractivity contribution in [1.82, 2.24) is 0 Å². The van der Waals surface area contributed by atoms with Crippen LogP contribution in [0.5, 0.6) is 0 Å². The van der Waals surface area contributed by atoms with E-state index in [2.05, 4.69) is 5.32 Å². The fourth-order valence-corrected chi connectivity index (χ4v) is 3.00. The molecule has 0 bridgehead atoms. The Morgan fingerprint density at radius 1 is 1.26 bits per heavy atom. The fourth-order valence-electron chi connectivity index (χ4n) is 2.88. The average molecular weight is 281 g/mol. The molecule has 0 aromatic heterocycles. The number of primary amides is 1. The minimum absolute atomic E-state index is 0.283. The van der Waals surface area contributed by atoms with Gasteiger partial charge in [0.1, 0.15) is 5.54 Å². The zero-order chi connectivity index (χ0) is 13.9. The number of hydrogen-bond acceptors (Lipinski definition) is 2. The average Bonchev–Trinajstić information content (AvgIpc) is 2.42. The Morgan fingerprint density at radius 2 is 1.84 bits per heavy atom. The molecule has 19 heavy (non-hydrogen) atoms. The summed E-state index contributed by atoms with van der Waals surface area (Å²) in [5, 5.41) is 4.00. The van der Waals surface area contributed by atoms with E-state index < -0.39 is 5.54 Å². The molecule has 1 aromatic rings. The van der Waals surface area contributed by atoms with E-state index in [1.165, 1.54) is 19.3 Å². The van der Waals surface area contributed by atoms with Crippen molar-refractivity contribution in [2.24, 2.45) is 11.7 Å². The summed E-state index contributed by atoms with van der Waals surface area (Å²) in [7, 11) is 0. The lowest BCUT2D eigenvalue weighted by atomic mass is 9.75. The number of nitrogens with two attached hydrogens (primary N) is 1. The number of halogens is 1. The van der Waals surface area contributed by atoms with Crippen molar-refractivity contribution in [3.8, 4) is 0 Å². The van der Waals surface area contributed by atoms with Gasteiger partial charge in [-0.2, -0.15) is 0 Å². The van der Waals surface area contributed by atoms with E-state index in [4.69, 9.17) is 17.3 Å². The highest BCUT2D eigenvalue weighted by molar-refractivity contribution is 6.30. The molecule has 1 atom stereocenters. The Labute approximate surface area is 119 Å². The number of amides is 1. The molecule has 4 heteroatoms. The number of nitrogens with one attached hydrogen (secondary N) is 1. The summed E-state index contributed by atoms with van der Waals surface area (Å²) in [5.41, 5.74) is 5.85. The van der Waals surface area contributed by atoms with E-state index in [0.717, 1.165) is 18.5 Å². The van der Waals surface area contributed by atoms with E-state index in [1.807, 2.05) is 31.2 Å². The quantitative estimate of drug-likeness (QED) is 0.886. The SMILES string of the molecule is CC(Nc1ccc(Cl)cc1)(C(N)=O)C1CCCCC1. The van der Waals surface area contributed by atoms with Crippen molar-refractivity contribution in [2.75, 3.05) is 5.32 Å². The van der Waals surface area contributed by atoms with E-state index in [9.17, 15) is 4.79 Å². The normalized spacial score (nSPS) is 19.7. The first-order chi connectivity index (χ1) is 9.02. The first kappa shape index (κ1) is 14.2. The van der Waals surface area contributed by atoms with Gasteiger partial charge in [0.15, 0.2) is 0 Å². The number of benzene rings is 1. The fraction of sp³-hybridized carbons (Fsp3) is 0.533. The molecule has 0 heterocycles. The maximum atomic E-state index is 11.9. The lowest BCUT2D eigenvalue weighted by molar-refractivity contribution is -0.123. The maximum absolute atomic E-state index is 11.9. The van der Waals surface area contributed by atoms with Crippen LogP contribution in [0.2, 0.25) is 5.02 Å². The molecule has 1 fully saturated rings. The van der Waals surface area contributed by atoms with E-state index >= 15 is 0 Å². The van der Waals surface area contributed by atoms with Crippen molar-refractivity contribution in [1.29, 1.82) is 0 Å². The number of anilines is 1. The Balaban J connectivity index is 2.18.